The summed E-state index contributed by atoms with van der Waals surface area (Å²) in [7, 11) is 0. The molecule has 0 amide bonds. The molecule has 4 heterocycles. The van der Waals surface area contributed by atoms with Crippen molar-refractivity contribution in [3.8, 4) is 55.8 Å². The molecular formula is C93H84BN3OS. The van der Waals surface area contributed by atoms with Crippen molar-refractivity contribution < 1.29 is 4.42 Å². The summed E-state index contributed by atoms with van der Waals surface area (Å²) in [5, 5.41) is 3.58. The first-order chi connectivity index (χ1) is 47.4. The van der Waals surface area contributed by atoms with Crippen molar-refractivity contribution in [2.24, 2.45) is 0 Å². The highest BCUT2D eigenvalue weighted by atomic mass is 32.1. The fourth-order valence-corrected chi connectivity index (χ4v) is 17.5. The van der Waals surface area contributed by atoms with Gasteiger partial charge in [-0.15, -0.1) is 11.3 Å². The van der Waals surface area contributed by atoms with Gasteiger partial charge in [0.15, 0.2) is 0 Å². The van der Waals surface area contributed by atoms with E-state index < -0.39 is 0 Å². The third-order valence-electron chi connectivity index (χ3n) is 21.6. The highest BCUT2D eigenvalue weighted by Gasteiger charge is 2.51. The van der Waals surface area contributed by atoms with Crippen LogP contribution in [0.5, 0.6) is 0 Å². The molecule has 4 nitrogen and oxygen atoms in total. The zero-order valence-corrected chi connectivity index (χ0v) is 60.3. The Balaban J connectivity index is 0.991. The number of anilines is 8. The van der Waals surface area contributed by atoms with Gasteiger partial charge in [-0.2, -0.15) is 0 Å². The summed E-state index contributed by atoms with van der Waals surface area (Å²) in [6.45, 7) is 32.4. The minimum absolute atomic E-state index is 0.0239. The molecule has 0 saturated heterocycles. The largest absolute Gasteiger partial charge is 0.455 e. The standard InChI is InChI=1S/C93H84BN3OS/c1-89(2,3)60-34-41-64(42-35-60)95(65-43-36-61(37-44-65)90(4,5)6)67-47-48-69-71-52-73-78(56-83(71)99-82(69)51-67)97(66-45-38-62(39-46-66)91(7,8)9)94-76-55-81-74(84(58-28-20-16-21-29-58)88(98-81)59-30-22-17-23-31-59)54-79(76)96(77-49-40-63(92(10,11)12)50-70(77)57-26-18-15-19-27-57)80-53-72-68-32-24-25-33-75(68)93(13,14)86(72)85(73)87(80)94/h15-56H,1-14H3. The number of benzene rings is 12. The van der Waals surface area contributed by atoms with Gasteiger partial charge in [0.25, 0.3) is 0 Å². The van der Waals surface area contributed by atoms with Gasteiger partial charge in [-0.3, -0.25) is 0 Å². The number of thiophene rings is 1. The Morgan fingerprint density at radius 2 is 0.919 bits per heavy atom. The zero-order chi connectivity index (χ0) is 68.4. The lowest BCUT2D eigenvalue weighted by atomic mass is 9.42. The average molecular weight is 1300 g/mol. The van der Waals surface area contributed by atoms with Crippen molar-refractivity contribution in [2.45, 2.75) is 124 Å². The van der Waals surface area contributed by atoms with Gasteiger partial charge in [-0.05, 0) is 185 Å². The fraction of sp³-hybridized carbons (Fsp3) is 0.204. The molecule has 2 aromatic heterocycles. The second-order valence-corrected chi connectivity index (χ2v) is 33.6. The quantitative estimate of drug-likeness (QED) is 0.141. The summed E-state index contributed by atoms with van der Waals surface area (Å²) in [4.78, 5) is 7.83. The maximum absolute atomic E-state index is 7.51. The van der Waals surface area contributed by atoms with E-state index in [0.717, 1.165) is 67.5 Å². The normalized spacial score (nSPS) is 14.0. The molecule has 486 valence electrons. The summed E-state index contributed by atoms with van der Waals surface area (Å²) in [5.41, 5.74) is 30.6. The van der Waals surface area contributed by atoms with Crippen LogP contribution in [0, 0.1) is 0 Å². The number of hydrogen-bond acceptors (Lipinski definition) is 5. The van der Waals surface area contributed by atoms with Crippen molar-refractivity contribution in [1.82, 2.24) is 0 Å². The smallest absolute Gasteiger partial charge is 0.333 e. The zero-order valence-electron chi connectivity index (χ0n) is 59.5. The molecule has 0 N–H and O–H groups in total. The molecule has 12 aromatic carbocycles. The molecule has 3 aliphatic rings. The molecule has 2 aliphatic heterocycles. The van der Waals surface area contributed by atoms with Crippen molar-refractivity contribution in [3.05, 3.63) is 288 Å². The summed E-state index contributed by atoms with van der Waals surface area (Å²) >= 11 is 1.90. The predicted octanol–water partition coefficient (Wildman–Crippen LogP) is 25.5. The Morgan fingerprint density at radius 3 is 1.53 bits per heavy atom. The van der Waals surface area contributed by atoms with Crippen molar-refractivity contribution in [2.75, 3.05) is 14.6 Å². The maximum atomic E-state index is 7.51. The van der Waals surface area contributed by atoms with Crippen LogP contribution in [0.15, 0.2) is 259 Å². The topological polar surface area (TPSA) is 22.9 Å². The van der Waals surface area contributed by atoms with E-state index in [1.807, 2.05) is 11.3 Å². The van der Waals surface area contributed by atoms with Gasteiger partial charge in [0.05, 0.1) is 5.69 Å². The molecule has 0 fully saturated rings. The number of hydrogen-bond donors (Lipinski definition) is 0. The molecule has 99 heavy (non-hydrogen) atoms. The first kappa shape index (κ1) is 62.4. The van der Waals surface area contributed by atoms with Crippen LogP contribution in [0.4, 0.5) is 45.5 Å². The number of nitrogens with zero attached hydrogens (tertiary/aromatic N) is 3. The lowest BCUT2D eigenvalue weighted by molar-refractivity contribution is 0.590. The van der Waals surface area contributed by atoms with E-state index in [1.54, 1.807) is 0 Å². The summed E-state index contributed by atoms with van der Waals surface area (Å²) in [5.74, 6) is 0.861. The van der Waals surface area contributed by atoms with Crippen LogP contribution < -0.4 is 25.5 Å². The molecule has 0 spiro atoms. The molecule has 0 saturated carbocycles. The summed E-state index contributed by atoms with van der Waals surface area (Å²) < 4.78 is 10.00. The third kappa shape index (κ3) is 10.1. The van der Waals surface area contributed by atoms with Crippen LogP contribution in [-0.2, 0) is 27.1 Å². The minimum Gasteiger partial charge on any atom is -0.455 e. The van der Waals surface area contributed by atoms with Crippen LogP contribution in [0.2, 0.25) is 0 Å². The van der Waals surface area contributed by atoms with E-state index in [9.17, 15) is 0 Å². The van der Waals surface area contributed by atoms with Gasteiger partial charge < -0.3 is 19.0 Å². The number of furan rings is 1. The van der Waals surface area contributed by atoms with Gasteiger partial charge in [-0.1, -0.05) is 261 Å². The van der Waals surface area contributed by atoms with Crippen molar-refractivity contribution >= 4 is 106 Å². The van der Waals surface area contributed by atoms with E-state index in [-0.39, 0.29) is 33.9 Å². The van der Waals surface area contributed by atoms with Gasteiger partial charge in [0.1, 0.15) is 11.3 Å². The lowest BCUT2D eigenvalue weighted by Crippen LogP contribution is -2.62. The molecule has 6 heteroatoms. The van der Waals surface area contributed by atoms with Gasteiger partial charge in [0.2, 0.25) is 0 Å². The average Bonchev–Trinajstić information content (AvgIpc) is 1.63. The lowest BCUT2D eigenvalue weighted by Gasteiger charge is -2.47. The van der Waals surface area contributed by atoms with E-state index in [4.69, 9.17) is 4.42 Å². The van der Waals surface area contributed by atoms with E-state index >= 15 is 0 Å². The van der Waals surface area contributed by atoms with E-state index in [2.05, 4.69) is 366 Å². The predicted molar refractivity (Wildman–Crippen MR) is 426 cm³/mol. The molecule has 0 unspecified atom stereocenters. The molecular weight excluding hydrogens is 1220 g/mol. The fourth-order valence-electron chi connectivity index (χ4n) is 16.3. The highest BCUT2D eigenvalue weighted by molar-refractivity contribution is 7.26. The molecule has 0 atom stereocenters. The highest BCUT2D eigenvalue weighted by Crippen LogP contribution is 2.60. The molecule has 0 radical (unpaired) electrons. The van der Waals surface area contributed by atoms with Crippen LogP contribution in [0.25, 0.3) is 87.0 Å². The number of fused-ring (bicyclic) bond motifs is 12. The van der Waals surface area contributed by atoms with Gasteiger partial charge in [-0.25, -0.2) is 0 Å². The van der Waals surface area contributed by atoms with Crippen LogP contribution >= 0.6 is 11.3 Å². The summed E-state index contributed by atoms with van der Waals surface area (Å²) in [6, 6.07) is 97.1. The van der Waals surface area contributed by atoms with Crippen molar-refractivity contribution in [1.29, 1.82) is 0 Å². The second kappa shape index (κ2) is 22.4. The van der Waals surface area contributed by atoms with E-state index in [1.165, 1.54) is 109 Å². The molecule has 0 bridgehead atoms. The Morgan fingerprint density at radius 1 is 0.384 bits per heavy atom. The Hall–Kier alpha value is -10.1. The second-order valence-electron chi connectivity index (χ2n) is 32.6. The van der Waals surface area contributed by atoms with Crippen LogP contribution in [0.1, 0.15) is 130 Å². The number of rotatable bonds is 8. The summed E-state index contributed by atoms with van der Waals surface area (Å²) in [6.07, 6.45) is 0. The first-order valence-electron chi connectivity index (χ1n) is 35.3. The van der Waals surface area contributed by atoms with E-state index in [0.29, 0.717) is 0 Å². The van der Waals surface area contributed by atoms with Gasteiger partial charge >= 0.3 is 6.85 Å². The van der Waals surface area contributed by atoms with Crippen LogP contribution in [0.3, 0.4) is 0 Å². The van der Waals surface area contributed by atoms with Crippen LogP contribution in [-0.4, -0.2) is 6.85 Å². The Kier molecular flexibility index (Phi) is 14.1. The molecule has 14 aromatic rings. The SMILES string of the molecule is CC(C)(C)c1ccc(N2B3c4cc5oc(-c6ccccc6)c(-c6ccccc6)c5cc4N(c4ccc(C(C)(C)C)cc4-c4ccccc4)c4cc5c(c(c43)-c3cc4c(cc32)sc2cc(N(c3ccc(C(C)(C)C)cc3)c3ccc(C(C)(C)C)cc3)ccc24)C(C)(C)c2ccccc2-5)cc1. The van der Waals surface area contributed by atoms with Crippen molar-refractivity contribution in [3.63, 3.8) is 0 Å². The minimum atomic E-state index is -0.371. The maximum Gasteiger partial charge on any atom is 0.333 e. The Labute approximate surface area is 589 Å². The Bertz CT molecular complexity index is 5480. The molecule has 17 rings (SSSR count). The first-order valence-corrected chi connectivity index (χ1v) is 36.1. The molecule has 1 aliphatic carbocycles. The third-order valence-corrected chi connectivity index (χ3v) is 22.8. The van der Waals surface area contributed by atoms with Gasteiger partial charge in [0, 0.05) is 93.0 Å². The monoisotopic (exact) mass is 1300 g/mol.